The van der Waals surface area contributed by atoms with Crippen molar-refractivity contribution in [3.05, 3.63) is 23.8 Å². The van der Waals surface area contributed by atoms with E-state index < -0.39 is 48.6 Å². The van der Waals surface area contributed by atoms with Crippen LogP contribution in [0.3, 0.4) is 0 Å². The van der Waals surface area contributed by atoms with Gasteiger partial charge in [0.25, 0.3) is 0 Å². The molecular formula is C19H24O9. The normalized spacial score (nSPS) is 26.8. The fourth-order valence-corrected chi connectivity index (χ4v) is 2.91. The van der Waals surface area contributed by atoms with Gasteiger partial charge in [0.05, 0.1) is 6.10 Å². The first kappa shape index (κ1) is 21.5. The monoisotopic (exact) mass is 396 g/mol. The second kappa shape index (κ2) is 8.92. The molecule has 0 bridgehead atoms. The van der Waals surface area contributed by atoms with E-state index in [4.69, 9.17) is 23.7 Å². The first-order chi connectivity index (χ1) is 13.1. The summed E-state index contributed by atoms with van der Waals surface area (Å²) in [4.78, 5) is 34.7. The van der Waals surface area contributed by atoms with Crippen molar-refractivity contribution in [3.63, 3.8) is 0 Å². The maximum atomic E-state index is 11.6. The summed E-state index contributed by atoms with van der Waals surface area (Å²) in [6.07, 6.45) is -5.38. The Labute approximate surface area is 162 Å². The molecule has 0 spiro atoms. The molecule has 1 aromatic rings. The lowest BCUT2D eigenvalue weighted by Crippen LogP contribution is -2.62. The number of benzene rings is 1. The van der Waals surface area contributed by atoms with E-state index in [2.05, 4.69) is 0 Å². The Morgan fingerprint density at radius 3 is 2.04 bits per heavy atom. The molecule has 0 amide bonds. The highest BCUT2D eigenvalue weighted by Gasteiger charge is 2.51. The zero-order valence-corrected chi connectivity index (χ0v) is 16.3. The Balaban J connectivity index is 2.39. The zero-order chi connectivity index (χ0) is 21.0. The number of phenolic OH excluding ortho intramolecular Hbond substituents is 1. The molecule has 28 heavy (non-hydrogen) atoms. The van der Waals surface area contributed by atoms with Crippen LogP contribution in [-0.4, -0.2) is 53.7 Å². The SMILES string of the molecule is CC(=O)O[C@@H]1[C@H](OC(C)=O)[C@@H](Oc2cc(C)ccc2O)O[C@H](C)[C@H]1OC(C)=O. The Bertz CT molecular complexity index is 745. The van der Waals surface area contributed by atoms with Gasteiger partial charge in [-0.3, -0.25) is 14.4 Å². The number of hydrogen-bond donors (Lipinski definition) is 1. The van der Waals surface area contributed by atoms with E-state index in [0.717, 1.165) is 5.56 Å². The molecule has 0 radical (unpaired) electrons. The van der Waals surface area contributed by atoms with Crippen molar-refractivity contribution in [2.75, 3.05) is 0 Å². The van der Waals surface area contributed by atoms with Gasteiger partial charge in [-0.1, -0.05) is 6.07 Å². The molecule has 0 aromatic heterocycles. The van der Waals surface area contributed by atoms with Gasteiger partial charge in [0.1, 0.15) is 0 Å². The summed E-state index contributed by atoms with van der Waals surface area (Å²) in [6.45, 7) is 6.95. The molecule has 1 aliphatic heterocycles. The van der Waals surface area contributed by atoms with E-state index in [0.29, 0.717) is 0 Å². The molecule has 1 aliphatic rings. The Morgan fingerprint density at radius 1 is 0.929 bits per heavy atom. The fraction of sp³-hybridized carbons (Fsp3) is 0.526. The van der Waals surface area contributed by atoms with Crippen LogP contribution < -0.4 is 4.74 Å². The van der Waals surface area contributed by atoms with Crippen molar-refractivity contribution in [3.8, 4) is 11.5 Å². The third-order valence-electron chi connectivity index (χ3n) is 3.99. The predicted octanol–water partition coefficient (Wildman–Crippen LogP) is 1.62. The summed E-state index contributed by atoms with van der Waals surface area (Å²) in [6, 6.07) is 4.71. The highest BCUT2D eigenvalue weighted by Crippen LogP contribution is 2.33. The van der Waals surface area contributed by atoms with E-state index in [9.17, 15) is 19.5 Å². The largest absolute Gasteiger partial charge is 0.504 e. The Hall–Kier alpha value is -2.81. The summed E-state index contributed by atoms with van der Waals surface area (Å²) in [5.41, 5.74) is 0.815. The highest BCUT2D eigenvalue weighted by molar-refractivity contribution is 5.68. The minimum Gasteiger partial charge on any atom is -0.504 e. The van der Waals surface area contributed by atoms with E-state index >= 15 is 0 Å². The molecule has 1 N–H and O–H groups in total. The van der Waals surface area contributed by atoms with Crippen LogP contribution in [0, 0.1) is 6.92 Å². The molecule has 1 aromatic carbocycles. The molecule has 9 nitrogen and oxygen atoms in total. The van der Waals surface area contributed by atoms with Crippen LogP contribution >= 0.6 is 0 Å². The number of phenols is 1. The summed E-state index contributed by atoms with van der Waals surface area (Å²) < 4.78 is 27.3. The number of hydrogen-bond acceptors (Lipinski definition) is 9. The molecular weight excluding hydrogens is 372 g/mol. The van der Waals surface area contributed by atoms with Gasteiger partial charge >= 0.3 is 17.9 Å². The summed E-state index contributed by atoms with van der Waals surface area (Å²) in [5, 5.41) is 10.0. The van der Waals surface area contributed by atoms with Gasteiger partial charge in [0, 0.05) is 20.8 Å². The van der Waals surface area contributed by atoms with Crippen molar-refractivity contribution in [1.82, 2.24) is 0 Å². The van der Waals surface area contributed by atoms with Crippen LogP contribution in [0.4, 0.5) is 0 Å². The predicted molar refractivity (Wildman–Crippen MR) is 94.5 cm³/mol. The van der Waals surface area contributed by atoms with Crippen molar-refractivity contribution in [2.45, 2.75) is 65.3 Å². The quantitative estimate of drug-likeness (QED) is 0.585. The van der Waals surface area contributed by atoms with E-state index in [1.165, 1.54) is 26.8 Å². The molecule has 1 saturated heterocycles. The van der Waals surface area contributed by atoms with Crippen molar-refractivity contribution in [1.29, 1.82) is 0 Å². The minimum atomic E-state index is -1.23. The first-order valence-corrected chi connectivity index (χ1v) is 8.72. The van der Waals surface area contributed by atoms with Gasteiger partial charge < -0.3 is 28.8 Å². The second-order valence-electron chi connectivity index (χ2n) is 6.52. The maximum absolute atomic E-state index is 11.6. The van der Waals surface area contributed by atoms with E-state index in [1.807, 2.05) is 0 Å². The average molecular weight is 396 g/mol. The number of esters is 3. The number of rotatable bonds is 5. The number of carbonyl (C=O) groups is 3. The number of ether oxygens (including phenoxy) is 5. The highest BCUT2D eigenvalue weighted by atomic mass is 16.7. The standard InChI is InChI=1S/C19H24O9/c1-9-6-7-14(23)15(8-9)28-19-18(27-13(5)22)17(26-12(4)21)16(10(2)24-19)25-11(3)20/h6-8,10,16-19,23H,1-5H3/t10-,16-,17+,18+,19-/m1/s1. The van der Waals surface area contributed by atoms with Gasteiger partial charge in [-0.15, -0.1) is 0 Å². The molecule has 0 aliphatic carbocycles. The first-order valence-electron chi connectivity index (χ1n) is 8.72. The number of carbonyl (C=O) groups excluding carboxylic acids is 3. The van der Waals surface area contributed by atoms with Crippen molar-refractivity contribution in [2.24, 2.45) is 0 Å². The smallest absolute Gasteiger partial charge is 0.303 e. The van der Waals surface area contributed by atoms with Gasteiger partial charge in [0.15, 0.2) is 23.7 Å². The molecule has 154 valence electrons. The zero-order valence-electron chi connectivity index (χ0n) is 16.3. The van der Waals surface area contributed by atoms with Crippen molar-refractivity contribution < 1.29 is 43.2 Å². The van der Waals surface area contributed by atoms with Crippen LogP contribution in [-0.2, 0) is 33.3 Å². The summed E-state index contributed by atoms with van der Waals surface area (Å²) in [5.74, 6) is -2.00. The van der Waals surface area contributed by atoms with E-state index in [-0.39, 0.29) is 11.5 Å². The molecule has 1 fully saturated rings. The second-order valence-corrected chi connectivity index (χ2v) is 6.52. The van der Waals surface area contributed by atoms with Crippen LogP contribution in [0.5, 0.6) is 11.5 Å². The van der Waals surface area contributed by atoms with Crippen molar-refractivity contribution >= 4 is 17.9 Å². The third kappa shape index (κ3) is 5.35. The lowest BCUT2D eigenvalue weighted by atomic mass is 9.99. The lowest BCUT2D eigenvalue weighted by Gasteiger charge is -2.43. The molecule has 5 atom stereocenters. The minimum absolute atomic E-state index is 0.0989. The van der Waals surface area contributed by atoms with E-state index in [1.54, 1.807) is 26.0 Å². The van der Waals surface area contributed by atoms with Crippen LogP contribution in [0.1, 0.15) is 33.3 Å². The van der Waals surface area contributed by atoms with Gasteiger partial charge in [0.2, 0.25) is 12.4 Å². The lowest BCUT2D eigenvalue weighted by molar-refractivity contribution is -0.280. The van der Waals surface area contributed by atoms with Gasteiger partial charge in [-0.2, -0.15) is 0 Å². The third-order valence-corrected chi connectivity index (χ3v) is 3.99. The maximum Gasteiger partial charge on any atom is 0.303 e. The Morgan fingerprint density at radius 2 is 1.46 bits per heavy atom. The molecule has 0 saturated carbocycles. The molecule has 1 heterocycles. The van der Waals surface area contributed by atoms with Crippen LogP contribution in [0.2, 0.25) is 0 Å². The van der Waals surface area contributed by atoms with Gasteiger partial charge in [-0.25, -0.2) is 0 Å². The molecule has 9 heteroatoms. The van der Waals surface area contributed by atoms with Gasteiger partial charge in [-0.05, 0) is 31.5 Å². The average Bonchev–Trinajstić information content (AvgIpc) is 2.56. The molecule has 0 unspecified atom stereocenters. The van der Waals surface area contributed by atoms with Crippen LogP contribution in [0.25, 0.3) is 0 Å². The topological polar surface area (TPSA) is 118 Å². The Kier molecular flexibility index (Phi) is 6.85. The van der Waals surface area contributed by atoms with Crippen LogP contribution in [0.15, 0.2) is 18.2 Å². The molecule has 2 rings (SSSR count). The summed E-state index contributed by atoms with van der Waals surface area (Å²) in [7, 11) is 0. The fourth-order valence-electron chi connectivity index (χ4n) is 2.91. The summed E-state index contributed by atoms with van der Waals surface area (Å²) >= 11 is 0. The number of aryl methyl sites for hydroxylation is 1. The number of aromatic hydroxyl groups is 1.